The van der Waals surface area contributed by atoms with Crippen LogP contribution >= 0.6 is 0 Å². The molecule has 0 amide bonds. The van der Waals surface area contributed by atoms with Crippen molar-refractivity contribution in [2.75, 3.05) is 14.2 Å². The van der Waals surface area contributed by atoms with Crippen molar-refractivity contribution in [3.05, 3.63) is 58.7 Å². The topological polar surface area (TPSA) is 61.8 Å². The summed E-state index contributed by atoms with van der Waals surface area (Å²) in [7, 11) is 3.00. The number of ether oxygens (including phenoxy) is 3. The molecule has 2 rings (SSSR count). The van der Waals surface area contributed by atoms with Crippen molar-refractivity contribution in [2.45, 2.75) is 26.9 Å². The summed E-state index contributed by atoms with van der Waals surface area (Å²) in [5.74, 6) is 0.103. The Labute approximate surface area is 147 Å². The van der Waals surface area contributed by atoms with Crippen LogP contribution in [0, 0.1) is 13.8 Å². The Morgan fingerprint density at radius 1 is 0.840 bits per heavy atom. The lowest BCUT2D eigenvalue weighted by atomic mass is 10.0. The second kappa shape index (κ2) is 7.83. The molecule has 0 radical (unpaired) electrons. The Hall–Kier alpha value is -2.82. The first-order valence-electron chi connectivity index (χ1n) is 7.91. The van der Waals surface area contributed by atoms with E-state index < -0.39 is 12.1 Å². The number of aryl methyl sites for hydroxylation is 2. The molecule has 132 valence electrons. The predicted molar refractivity (Wildman–Crippen MR) is 94.7 cm³/mol. The second-order valence-corrected chi connectivity index (χ2v) is 5.78. The predicted octanol–water partition coefficient (Wildman–Crippen LogP) is 3.75. The maximum absolute atomic E-state index is 12.5. The molecule has 2 aromatic rings. The van der Waals surface area contributed by atoms with E-state index in [-0.39, 0.29) is 11.3 Å². The number of benzene rings is 2. The molecule has 0 N–H and O–H groups in total. The molecule has 0 aliphatic rings. The highest BCUT2D eigenvalue weighted by molar-refractivity contribution is 6.01. The van der Waals surface area contributed by atoms with Crippen LogP contribution in [0.4, 0.5) is 0 Å². The molecule has 1 atom stereocenters. The summed E-state index contributed by atoms with van der Waals surface area (Å²) < 4.78 is 15.6. The zero-order valence-electron chi connectivity index (χ0n) is 15.1. The molecule has 0 aromatic heterocycles. The van der Waals surface area contributed by atoms with Crippen molar-refractivity contribution in [1.29, 1.82) is 0 Å². The lowest BCUT2D eigenvalue weighted by Gasteiger charge is -2.14. The molecule has 5 nitrogen and oxygen atoms in total. The Morgan fingerprint density at radius 3 is 2.08 bits per heavy atom. The normalized spacial score (nSPS) is 11.6. The van der Waals surface area contributed by atoms with E-state index in [9.17, 15) is 9.59 Å². The Morgan fingerprint density at radius 2 is 1.48 bits per heavy atom. The number of carbonyl (C=O) groups excluding carboxylic acids is 2. The first kappa shape index (κ1) is 18.5. The van der Waals surface area contributed by atoms with E-state index in [2.05, 4.69) is 0 Å². The number of hydrogen-bond donors (Lipinski definition) is 0. The maximum Gasteiger partial charge on any atom is 0.338 e. The first-order valence-corrected chi connectivity index (χ1v) is 7.91. The van der Waals surface area contributed by atoms with Gasteiger partial charge in [0, 0.05) is 5.56 Å². The van der Waals surface area contributed by atoms with E-state index in [1.165, 1.54) is 20.3 Å². The van der Waals surface area contributed by atoms with E-state index in [4.69, 9.17) is 14.2 Å². The fourth-order valence-corrected chi connectivity index (χ4v) is 2.37. The van der Waals surface area contributed by atoms with Crippen LogP contribution in [0.25, 0.3) is 0 Å². The highest BCUT2D eigenvalue weighted by atomic mass is 16.5. The van der Waals surface area contributed by atoms with Gasteiger partial charge in [0.25, 0.3) is 0 Å². The number of esters is 1. The van der Waals surface area contributed by atoms with Gasteiger partial charge >= 0.3 is 5.97 Å². The molecule has 0 bridgehead atoms. The Balaban J connectivity index is 2.13. The molecule has 0 fully saturated rings. The minimum atomic E-state index is -0.886. The zero-order valence-corrected chi connectivity index (χ0v) is 15.1. The standard InChI is InChI=1S/C20H22O5/c1-12-6-7-15(10-13(12)2)19(21)14(3)25-20(22)16-8-9-17(23-4)18(11-16)24-5/h6-11,14H,1-5H3/t14-/m1/s1. The highest BCUT2D eigenvalue weighted by Crippen LogP contribution is 2.28. The van der Waals surface area contributed by atoms with Crippen molar-refractivity contribution in [2.24, 2.45) is 0 Å². The number of rotatable bonds is 6. The molecular weight excluding hydrogens is 320 g/mol. The van der Waals surface area contributed by atoms with Gasteiger partial charge < -0.3 is 14.2 Å². The van der Waals surface area contributed by atoms with Gasteiger partial charge in [-0.05, 0) is 56.2 Å². The van der Waals surface area contributed by atoms with Crippen molar-refractivity contribution in [3.8, 4) is 11.5 Å². The van der Waals surface area contributed by atoms with Gasteiger partial charge in [-0.3, -0.25) is 4.79 Å². The van der Waals surface area contributed by atoms with E-state index >= 15 is 0 Å². The fraction of sp³-hybridized carbons (Fsp3) is 0.300. The van der Waals surface area contributed by atoms with Crippen molar-refractivity contribution in [3.63, 3.8) is 0 Å². The van der Waals surface area contributed by atoms with E-state index in [0.29, 0.717) is 17.1 Å². The Bertz CT molecular complexity index is 795. The van der Waals surface area contributed by atoms with E-state index in [0.717, 1.165) is 11.1 Å². The third-order valence-electron chi connectivity index (χ3n) is 4.06. The van der Waals surface area contributed by atoms with Crippen LogP contribution in [0.15, 0.2) is 36.4 Å². The van der Waals surface area contributed by atoms with Gasteiger partial charge in [0.2, 0.25) is 5.78 Å². The fourth-order valence-electron chi connectivity index (χ4n) is 2.37. The first-order chi connectivity index (χ1) is 11.9. The van der Waals surface area contributed by atoms with Crippen LogP contribution in [0.5, 0.6) is 11.5 Å². The van der Waals surface area contributed by atoms with Crippen molar-refractivity contribution in [1.82, 2.24) is 0 Å². The molecule has 5 heteroatoms. The molecule has 0 saturated heterocycles. The summed E-state index contributed by atoms with van der Waals surface area (Å²) in [6.07, 6.45) is -0.886. The van der Waals surface area contributed by atoms with Crippen LogP contribution in [0.2, 0.25) is 0 Å². The second-order valence-electron chi connectivity index (χ2n) is 5.78. The SMILES string of the molecule is COc1ccc(C(=O)O[C@H](C)C(=O)c2ccc(C)c(C)c2)cc1OC. The Kier molecular flexibility index (Phi) is 5.80. The molecule has 0 aliphatic carbocycles. The zero-order chi connectivity index (χ0) is 18.6. The number of hydrogen-bond acceptors (Lipinski definition) is 5. The van der Waals surface area contributed by atoms with Crippen LogP contribution in [-0.2, 0) is 4.74 Å². The van der Waals surface area contributed by atoms with E-state index in [1.807, 2.05) is 19.9 Å². The van der Waals surface area contributed by atoms with Crippen molar-refractivity contribution >= 4 is 11.8 Å². The minimum absolute atomic E-state index is 0.239. The molecular formula is C20H22O5. The van der Waals surface area contributed by atoms with Gasteiger partial charge in [-0.25, -0.2) is 4.79 Å². The molecule has 25 heavy (non-hydrogen) atoms. The molecule has 0 unspecified atom stereocenters. The molecule has 2 aromatic carbocycles. The van der Waals surface area contributed by atoms with Crippen LogP contribution in [-0.4, -0.2) is 32.1 Å². The van der Waals surface area contributed by atoms with Gasteiger partial charge in [-0.2, -0.15) is 0 Å². The van der Waals surface area contributed by atoms with E-state index in [1.54, 1.807) is 31.2 Å². The molecule has 0 spiro atoms. The summed E-state index contributed by atoms with van der Waals surface area (Å²) in [4.78, 5) is 24.8. The highest BCUT2D eigenvalue weighted by Gasteiger charge is 2.21. The number of carbonyl (C=O) groups is 2. The van der Waals surface area contributed by atoms with Gasteiger partial charge in [-0.1, -0.05) is 12.1 Å². The lowest BCUT2D eigenvalue weighted by molar-refractivity contribution is 0.0318. The van der Waals surface area contributed by atoms with Crippen molar-refractivity contribution < 1.29 is 23.8 Å². The minimum Gasteiger partial charge on any atom is -0.493 e. The lowest BCUT2D eigenvalue weighted by Crippen LogP contribution is -2.24. The molecule has 0 aliphatic heterocycles. The summed E-state index contributed by atoms with van der Waals surface area (Å²) in [6, 6.07) is 10.1. The van der Waals surface area contributed by atoms with Crippen LogP contribution in [0.3, 0.4) is 0 Å². The molecule has 0 heterocycles. The molecule has 0 saturated carbocycles. The average Bonchev–Trinajstić information content (AvgIpc) is 2.62. The maximum atomic E-state index is 12.5. The summed E-state index contributed by atoms with van der Waals surface area (Å²) in [5.41, 5.74) is 2.93. The van der Waals surface area contributed by atoms with Gasteiger partial charge in [0.1, 0.15) is 0 Å². The van der Waals surface area contributed by atoms with Crippen LogP contribution in [0.1, 0.15) is 38.8 Å². The van der Waals surface area contributed by atoms with Crippen LogP contribution < -0.4 is 9.47 Å². The quantitative estimate of drug-likeness (QED) is 0.591. The average molecular weight is 342 g/mol. The van der Waals surface area contributed by atoms with Gasteiger partial charge in [0.05, 0.1) is 19.8 Å². The number of methoxy groups -OCH3 is 2. The third kappa shape index (κ3) is 4.18. The monoisotopic (exact) mass is 342 g/mol. The smallest absolute Gasteiger partial charge is 0.338 e. The summed E-state index contributed by atoms with van der Waals surface area (Å²) >= 11 is 0. The van der Waals surface area contributed by atoms with Gasteiger partial charge in [0.15, 0.2) is 17.6 Å². The number of Topliss-reactive ketones (excluding diaryl/α,β-unsaturated/α-hetero) is 1. The third-order valence-corrected chi connectivity index (χ3v) is 4.06. The summed E-state index contributed by atoms with van der Waals surface area (Å²) in [5, 5.41) is 0. The van der Waals surface area contributed by atoms with Gasteiger partial charge in [-0.15, -0.1) is 0 Å². The summed E-state index contributed by atoms with van der Waals surface area (Å²) in [6.45, 7) is 5.48. The largest absolute Gasteiger partial charge is 0.493 e. The number of ketones is 1.